The van der Waals surface area contributed by atoms with Crippen LogP contribution >= 0.6 is 0 Å². The summed E-state index contributed by atoms with van der Waals surface area (Å²) >= 11 is 0. The van der Waals surface area contributed by atoms with E-state index in [1.807, 2.05) is 0 Å². The number of primary amides is 1. The zero-order valence-corrected chi connectivity index (χ0v) is 6.49. The molecule has 0 saturated heterocycles. The van der Waals surface area contributed by atoms with Gasteiger partial charge in [-0.15, -0.1) is 0 Å². The summed E-state index contributed by atoms with van der Waals surface area (Å²) < 4.78 is 0. The average molecular weight is 151 g/mol. The molecule has 2 heteroatoms. The van der Waals surface area contributed by atoms with Gasteiger partial charge in [0.15, 0.2) is 0 Å². The Balaban J connectivity index is 1.98. The molecule has 0 spiro atoms. The van der Waals surface area contributed by atoms with E-state index < -0.39 is 0 Å². The van der Waals surface area contributed by atoms with Gasteiger partial charge in [-0.2, -0.15) is 0 Å². The number of allylic oxidation sites excluding steroid dienone is 2. The van der Waals surface area contributed by atoms with E-state index in [-0.39, 0.29) is 5.91 Å². The van der Waals surface area contributed by atoms with Crippen LogP contribution in [0.15, 0.2) is 12.2 Å². The molecule has 2 aliphatic rings. The molecule has 2 rings (SSSR count). The minimum Gasteiger partial charge on any atom is -0.370 e. The molecule has 0 aromatic heterocycles. The van der Waals surface area contributed by atoms with Crippen LogP contribution in [-0.4, -0.2) is 5.91 Å². The largest absolute Gasteiger partial charge is 0.370 e. The summed E-state index contributed by atoms with van der Waals surface area (Å²) in [5.41, 5.74) is 5.14. The Kier molecular flexibility index (Phi) is 1.48. The van der Waals surface area contributed by atoms with Crippen molar-refractivity contribution in [2.24, 2.45) is 23.5 Å². The molecule has 0 heterocycles. The van der Waals surface area contributed by atoms with E-state index in [4.69, 9.17) is 5.73 Å². The lowest BCUT2D eigenvalue weighted by Gasteiger charge is -2.15. The number of fused-ring (bicyclic) bond motifs is 2. The number of hydrogen-bond acceptors (Lipinski definition) is 1. The van der Waals surface area contributed by atoms with Gasteiger partial charge in [-0.3, -0.25) is 4.79 Å². The molecule has 0 radical (unpaired) electrons. The van der Waals surface area contributed by atoms with Crippen molar-refractivity contribution in [3.8, 4) is 0 Å². The fourth-order valence-corrected chi connectivity index (χ4v) is 2.39. The summed E-state index contributed by atoms with van der Waals surface area (Å²) in [6.07, 6.45) is 7.57. The molecule has 3 atom stereocenters. The Labute approximate surface area is 66.5 Å². The van der Waals surface area contributed by atoms with E-state index >= 15 is 0 Å². The van der Waals surface area contributed by atoms with Gasteiger partial charge < -0.3 is 5.73 Å². The lowest BCUT2D eigenvalue weighted by Crippen LogP contribution is -2.18. The van der Waals surface area contributed by atoms with Crippen molar-refractivity contribution in [1.29, 1.82) is 0 Å². The van der Waals surface area contributed by atoms with Crippen molar-refractivity contribution >= 4 is 5.91 Å². The first-order valence-electron chi connectivity index (χ1n) is 4.22. The Morgan fingerprint density at radius 2 is 2.27 bits per heavy atom. The van der Waals surface area contributed by atoms with Gasteiger partial charge in [-0.1, -0.05) is 12.2 Å². The molecule has 3 unspecified atom stereocenters. The van der Waals surface area contributed by atoms with Gasteiger partial charge in [0.25, 0.3) is 0 Å². The van der Waals surface area contributed by atoms with E-state index in [2.05, 4.69) is 12.2 Å². The molecule has 2 nitrogen and oxygen atoms in total. The predicted octanol–water partition coefficient (Wildman–Crippen LogP) is 1.07. The molecule has 1 fully saturated rings. The van der Waals surface area contributed by atoms with E-state index in [1.165, 1.54) is 12.8 Å². The van der Waals surface area contributed by atoms with E-state index in [1.54, 1.807) is 0 Å². The Morgan fingerprint density at radius 1 is 1.45 bits per heavy atom. The van der Waals surface area contributed by atoms with Gasteiger partial charge in [-0.25, -0.2) is 0 Å². The third kappa shape index (κ3) is 1.17. The third-order valence-electron chi connectivity index (χ3n) is 2.88. The van der Waals surface area contributed by atoms with Crippen molar-refractivity contribution in [2.45, 2.75) is 19.3 Å². The Morgan fingerprint density at radius 3 is 2.73 bits per heavy atom. The molecule has 0 aromatic rings. The summed E-state index contributed by atoms with van der Waals surface area (Å²) in [4.78, 5) is 10.6. The van der Waals surface area contributed by atoms with Crippen LogP contribution in [0.2, 0.25) is 0 Å². The first-order chi connectivity index (χ1) is 5.25. The molecule has 0 aromatic carbocycles. The number of amides is 1. The summed E-state index contributed by atoms with van der Waals surface area (Å²) in [5.74, 6) is 1.83. The molecule has 2 bridgehead atoms. The molecule has 1 amide bonds. The maximum Gasteiger partial charge on any atom is 0.217 e. The van der Waals surface area contributed by atoms with Crippen LogP contribution in [0.25, 0.3) is 0 Å². The fourth-order valence-electron chi connectivity index (χ4n) is 2.39. The number of carbonyl (C=O) groups excluding carboxylic acids is 1. The standard InChI is InChI=1S/C9H13NO/c10-9(11)5-8-4-6-1-2-7(8)3-6/h1-2,6-8H,3-5H2,(H2,10,11). The predicted molar refractivity (Wildman–Crippen MR) is 42.7 cm³/mol. The second-order valence-corrected chi connectivity index (χ2v) is 3.71. The second-order valence-electron chi connectivity index (χ2n) is 3.71. The average Bonchev–Trinajstić information content (AvgIpc) is 2.45. The van der Waals surface area contributed by atoms with Crippen molar-refractivity contribution in [3.63, 3.8) is 0 Å². The zero-order chi connectivity index (χ0) is 7.84. The number of nitrogens with two attached hydrogens (primary N) is 1. The fraction of sp³-hybridized carbons (Fsp3) is 0.667. The van der Waals surface area contributed by atoms with Gasteiger partial charge in [-0.05, 0) is 30.6 Å². The highest BCUT2D eigenvalue weighted by atomic mass is 16.1. The minimum absolute atomic E-state index is 0.143. The molecule has 11 heavy (non-hydrogen) atoms. The highest BCUT2D eigenvalue weighted by Gasteiger charge is 2.35. The summed E-state index contributed by atoms with van der Waals surface area (Å²) in [6.45, 7) is 0. The molecule has 0 aliphatic heterocycles. The number of hydrogen-bond donors (Lipinski definition) is 1. The lowest BCUT2D eigenvalue weighted by atomic mass is 9.90. The minimum atomic E-state index is -0.143. The first kappa shape index (κ1) is 6.89. The zero-order valence-electron chi connectivity index (χ0n) is 6.49. The SMILES string of the molecule is NC(=O)CC1CC2C=CC1C2. The molecular formula is C9H13NO. The van der Waals surface area contributed by atoms with E-state index in [0.717, 1.165) is 5.92 Å². The number of rotatable bonds is 2. The molecule has 1 saturated carbocycles. The van der Waals surface area contributed by atoms with Crippen LogP contribution in [0.3, 0.4) is 0 Å². The summed E-state index contributed by atoms with van der Waals surface area (Å²) in [5, 5.41) is 0. The van der Waals surface area contributed by atoms with Crippen molar-refractivity contribution in [3.05, 3.63) is 12.2 Å². The Bertz CT molecular complexity index is 210. The van der Waals surface area contributed by atoms with Crippen LogP contribution < -0.4 is 5.73 Å². The quantitative estimate of drug-likeness (QED) is 0.589. The van der Waals surface area contributed by atoms with Crippen LogP contribution in [0, 0.1) is 17.8 Å². The van der Waals surface area contributed by atoms with Gasteiger partial charge in [0, 0.05) is 6.42 Å². The van der Waals surface area contributed by atoms with Crippen LogP contribution in [0.4, 0.5) is 0 Å². The first-order valence-corrected chi connectivity index (χ1v) is 4.22. The van der Waals surface area contributed by atoms with Gasteiger partial charge in [0.1, 0.15) is 0 Å². The molecule has 2 aliphatic carbocycles. The highest BCUT2D eigenvalue weighted by Crippen LogP contribution is 2.44. The van der Waals surface area contributed by atoms with E-state index in [0.29, 0.717) is 18.3 Å². The van der Waals surface area contributed by atoms with Crippen LogP contribution in [0.5, 0.6) is 0 Å². The Hall–Kier alpha value is -0.790. The molecule has 60 valence electrons. The maximum atomic E-state index is 10.6. The molecular weight excluding hydrogens is 138 g/mol. The van der Waals surface area contributed by atoms with Gasteiger partial charge >= 0.3 is 0 Å². The molecule has 2 N–H and O–H groups in total. The summed E-state index contributed by atoms with van der Waals surface area (Å²) in [7, 11) is 0. The monoisotopic (exact) mass is 151 g/mol. The van der Waals surface area contributed by atoms with Crippen molar-refractivity contribution < 1.29 is 4.79 Å². The van der Waals surface area contributed by atoms with Gasteiger partial charge in [0.05, 0.1) is 0 Å². The normalized spacial score (nSPS) is 39.8. The maximum absolute atomic E-state index is 10.6. The lowest BCUT2D eigenvalue weighted by molar-refractivity contribution is -0.119. The second kappa shape index (κ2) is 2.36. The highest BCUT2D eigenvalue weighted by molar-refractivity contribution is 5.74. The smallest absolute Gasteiger partial charge is 0.217 e. The third-order valence-corrected chi connectivity index (χ3v) is 2.88. The number of carbonyl (C=O) groups is 1. The van der Waals surface area contributed by atoms with Crippen LogP contribution in [0.1, 0.15) is 19.3 Å². The van der Waals surface area contributed by atoms with E-state index in [9.17, 15) is 4.79 Å². The summed E-state index contributed by atoms with van der Waals surface area (Å²) in [6, 6.07) is 0. The topological polar surface area (TPSA) is 43.1 Å². The van der Waals surface area contributed by atoms with Crippen molar-refractivity contribution in [1.82, 2.24) is 0 Å². The van der Waals surface area contributed by atoms with Crippen LogP contribution in [-0.2, 0) is 4.79 Å². The van der Waals surface area contributed by atoms with Crippen molar-refractivity contribution in [2.75, 3.05) is 0 Å². The van der Waals surface area contributed by atoms with Gasteiger partial charge in [0.2, 0.25) is 5.91 Å².